The van der Waals surface area contributed by atoms with Gasteiger partial charge < -0.3 is 4.90 Å². The number of hydrogen-bond acceptors (Lipinski definition) is 2. The Hall–Kier alpha value is -6.74. The summed E-state index contributed by atoms with van der Waals surface area (Å²) >= 11 is 1.89. The summed E-state index contributed by atoms with van der Waals surface area (Å²) in [5.74, 6) is 0. The summed E-state index contributed by atoms with van der Waals surface area (Å²) in [6.45, 7) is 0. The molecule has 0 atom stereocenters. The normalized spacial score (nSPS) is 11.7. The van der Waals surface area contributed by atoms with Gasteiger partial charge in [0.25, 0.3) is 0 Å². The molecule has 11 rings (SSSR count). The summed E-state index contributed by atoms with van der Waals surface area (Å²) in [6.07, 6.45) is 0. The average molecular weight is 704 g/mol. The lowest BCUT2D eigenvalue weighted by Gasteiger charge is -2.28. The largest absolute Gasteiger partial charge is 0.310 e. The summed E-state index contributed by atoms with van der Waals surface area (Å²) in [5, 5.41) is 12.9. The van der Waals surface area contributed by atoms with E-state index in [0.717, 1.165) is 17.1 Å². The number of anilines is 3. The highest BCUT2D eigenvalue weighted by Crippen LogP contribution is 2.45. The van der Waals surface area contributed by atoms with E-state index < -0.39 is 0 Å². The molecule has 0 radical (unpaired) electrons. The monoisotopic (exact) mass is 703 g/mol. The second kappa shape index (κ2) is 12.4. The number of para-hydroxylation sites is 1. The molecule has 2 heteroatoms. The predicted octanol–water partition coefficient (Wildman–Crippen LogP) is 15.5. The Labute approximate surface area is 317 Å². The van der Waals surface area contributed by atoms with E-state index in [4.69, 9.17) is 0 Å². The first kappa shape index (κ1) is 30.8. The van der Waals surface area contributed by atoms with Gasteiger partial charge in [-0.1, -0.05) is 158 Å². The number of fused-ring (bicyclic) bond motifs is 10. The van der Waals surface area contributed by atoms with E-state index in [1.807, 2.05) is 11.3 Å². The van der Waals surface area contributed by atoms with Crippen LogP contribution < -0.4 is 4.90 Å². The van der Waals surface area contributed by atoms with Gasteiger partial charge in [0.1, 0.15) is 0 Å². The number of hydrogen-bond donors (Lipinski definition) is 0. The third kappa shape index (κ3) is 4.92. The minimum absolute atomic E-state index is 1.11. The molecule has 0 bridgehead atoms. The first-order valence-electron chi connectivity index (χ1n) is 18.5. The zero-order valence-electron chi connectivity index (χ0n) is 29.4. The maximum atomic E-state index is 2.42. The van der Waals surface area contributed by atoms with E-state index in [0.29, 0.717) is 0 Å². The maximum absolute atomic E-state index is 2.42. The first-order valence-corrected chi connectivity index (χ1v) is 19.3. The van der Waals surface area contributed by atoms with Gasteiger partial charge in [0.05, 0.1) is 5.69 Å². The number of rotatable bonds is 5. The summed E-state index contributed by atoms with van der Waals surface area (Å²) in [5.41, 5.74) is 8.21. The van der Waals surface area contributed by atoms with E-state index in [1.54, 1.807) is 0 Å². The molecule has 11 aromatic rings. The van der Waals surface area contributed by atoms with Crippen molar-refractivity contribution in [2.24, 2.45) is 0 Å². The zero-order chi connectivity index (χ0) is 35.6. The van der Waals surface area contributed by atoms with E-state index in [2.05, 4.69) is 205 Å². The Morgan fingerprint density at radius 3 is 1.83 bits per heavy atom. The van der Waals surface area contributed by atoms with Gasteiger partial charge in [-0.2, -0.15) is 0 Å². The Kier molecular flexibility index (Phi) is 7.11. The third-order valence-electron chi connectivity index (χ3n) is 11.0. The van der Waals surface area contributed by atoms with Crippen molar-refractivity contribution in [3.05, 3.63) is 200 Å². The van der Waals surface area contributed by atoms with Crippen LogP contribution in [-0.4, -0.2) is 0 Å². The fourth-order valence-corrected chi connectivity index (χ4v) is 9.74. The van der Waals surface area contributed by atoms with Crippen molar-refractivity contribution in [2.75, 3.05) is 4.90 Å². The van der Waals surface area contributed by atoms with Crippen molar-refractivity contribution >= 4 is 91.7 Å². The molecule has 1 aromatic heterocycles. The minimum Gasteiger partial charge on any atom is -0.310 e. The Morgan fingerprint density at radius 2 is 0.963 bits per heavy atom. The molecule has 54 heavy (non-hydrogen) atoms. The molecule has 0 spiro atoms. The van der Waals surface area contributed by atoms with Crippen molar-refractivity contribution in [1.82, 2.24) is 0 Å². The summed E-state index contributed by atoms with van der Waals surface area (Å²) in [4.78, 5) is 2.42. The molecule has 0 aliphatic rings. The van der Waals surface area contributed by atoms with Crippen LogP contribution in [0.5, 0.6) is 0 Å². The average Bonchev–Trinajstić information content (AvgIpc) is 3.63. The smallest absolute Gasteiger partial charge is 0.0540 e. The molecule has 10 aromatic carbocycles. The maximum Gasteiger partial charge on any atom is 0.0540 e. The molecule has 0 fully saturated rings. The molecule has 1 nitrogen and oxygen atoms in total. The van der Waals surface area contributed by atoms with Crippen molar-refractivity contribution in [1.29, 1.82) is 0 Å². The van der Waals surface area contributed by atoms with Gasteiger partial charge in [-0.15, -0.1) is 11.3 Å². The fraction of sp³-hybridized carbons (Fsp3) is 0. The van der Waals surface area contributed by atoms with Gasteiger partial charge >= 0.3 is 0 Å². The molecule has 0 saturated carbocycles. The van der Waals surface area contributed by atoms with Crippen LogP contribution in [0.2, 0.25) is 0 Å². The zero-order valence-corrected chi connectivity index (χ0v) is 30.2. The Bertz CT molecular complexity index is 3210. The van der Waals surface area contributed by atoms with Gasteiger partial charge in [-0.3, -0.25) is 0 Å². The van der Waals surface area contributed by atoms with E-state index in [9.17, 15) is 0 Å². The van der Waals surface area contributed by atoms with Crippen LogP contribution in [-0.2, 0) is 0 Å². The fourth-order valence-electron chi connectivity index (χ4n) is 8.50. The van der Waals surface area contributed by atoms with Crippen molar-refractivity contribution in [3.63, 3.8) is 0 Å². The second-order valence-electron chi connectivity index (χ2n) is 14.1. The van der Waals surface area contributed by atoms with Crippen molar-refractivity contribution in [2.45, 2.75) is 0 Å². The number of thiophene rings is 1. The summed E-state index contributed by atoms with van der Waals surface area (Å²) in [7, 11) is 0. The van der Waals surface area contributed by atoms with Gasteiger partial charge in [-0.05, 0) is 102 Å². The summed E-state index contributed by atoms with van der Waals surface area (Å²) in [6, 6.07) is 73.4. The Balaban J connectivity index is 1.09. The minimum atomic E-state index is 1.11. The van der Waals surface area contributed by atoms with Crippen LogP contribution in [0.3, 0.4) is 0 Å². The molecule has 0 saturated heterocycles. The molecule has 0 aliphatic carbocycles. The molecule has 0 unspecified atom stereocenters. The molecular formula is C52H33NS. The predicted molar refractivity (Wildman–Crippen MR) is 235 cm³/mol. The topological polar surface area (TPSA) is 3.24 Å². The van der Waals surface area contributed by atoms with Crippen LogP contribution in [0, 0.1) is 0 Å². The molecule has 0 amide bonds. The van der Waals surface area contributed by atoms with Gasteiger partial charge in [-0.25, -0.2) is 0 Å². The number of nitrogens with zero attached hydrogens (tertiary/aromatic N) is 1. The standard InChI is InChI=1S/C52H33NS/c1-2-12-34(13-3-1)41-15-8-10-20-49(41)53(40-29-31-43-37(32-40)26-30-47-45-18-9-11-21-50(45)54-52(43)47)39-27-24-36(25-28-39)48-33-38-23-22-35-14-4-5-16-42(35)51(38)46-19-7-6-17-44(46)48/h1-33H. The number of benzene rings is 10. The highest BCUT2D eigenvalue weighted by Gasteiger charge is 2.19. The van der Waals surface area contributed by atoms with Crippen LogP contribution in [0.1, 0.15) is 0 Å². The summed E-state index contributed by atoms with van der Waals surface area (Å²) < 4.78 is 2.67. The van der Waals surface area contributed by atoms with Crippen LogP contribution in [0.15, 0.2) is 200 Å². The van der Waals surface area contributed by atoms with Crippen molar-refractivity contribution in [3.8, 4) is 22.3 Å². The van der Waals surface area contributed by atoms with E-state index in [-0.39, 0.29) is 0 Å². The first-order chi connectivity index (χ1) is 26.8. The lowest BCUT2D eigenvalue weighted by atomic mass is 9.90. The lowest BCUT2D eigenvalue weighted by molar-refractivity contribution is 1.29. The van der Waals surface area contributed by atoms with Gasteiger partial charge in [0.15, 0.2) is 0 Å². The molecule has 0 aliphatic heterocycles. The molecule has 0 N–H and O–H groups in total. The molecule has 252 valence electrons. The molecular weight excluding hydrogens is 671 g/mol. The van der Waals surface area contributed by atoms with Crippen molar-refractivity contribution < 1.29 is 0 Å². The quantitative estimate of drug-likeness (QED) is 0.161. The third-order valence-corrected chi connectivity index (χ3v) is 12.2. The van der Waals surface area contributed by atoms with Gasteiger partial charge in [0, 0.05) is 37.1 Å². The van der Waals surface area contributed by atoms with Crippen LogP contribution in [0.25, 0.3) is 85.5 Å². The SMILES string of the molecule is c1ccc(-c2ccccc2N(c2ccc(-c3cc4ccc5ccccc5c4c4ccccc34)cc2)c2ccc3c(ccc4c5ccccc5sc34)c2)cc1. The van der Waals surface area contributed by atoms with E-state index in [1.165, 1.54) is 85.5 Å². The van der Waals surface area contributed by atoms with Crippen LogP contribution in [0.4, 0.5) is 17.1 Å². The lowest BCUT2D eigenvalue weighted by Crippen LogP contribution is -2.11. The van der Waals surface area contributed by atoms with Crippen LogP contribution >= 0.6 is 11.3 Å². The Morgan fingerprint density at radius 1 is 0.333 bits per heavy atom. The molecule has 1 heterocycles. The second-order valence-corrected chi connectivity index (χ2v) is 15.1. The highest BCUT2D eigenvalue weighted by molar-refractivity contribution is 7.26. The van der Waals surface area contributed by atoms with Gasteiger partial charge in [0.2, 0.25) is 0 Å². The van der Waals surface area contributed by atoms with E-state index >= 15 is 0 Å². The highest BCUT2D eigenvalue weighted by atomic mass is 32.1.